The van der Waals surface area contributed by atoms with E-state index in [2.05, 4.69) is 11.8 Å². The average Bonchev–Trinajstić information content (AvgIpc) is 2.77. The highest BCUT2D eigenvalue weighted by atomic mass is 19.4. The highest BCUT2D eigenvalue weighted by Crippen LogP contribution is 2.31. The average molecular weight is 437 g/mol. The van der Waals surface area contributed by atoms with Crippen molar-refractivity contribution < 1.29 is 27.8 Å². The predicted molar refractivity (Wildman–Crippen MR) is 113 cm³/mol. The molecular formula is C26H20F3O3-. The first-order valence-electron chi connectivity index (χ1n) is 9.87. The van der Waals surface area contributed by atoms with E-state index in [0.717, 1.165) is 28.8 Å². The largest absolute Gasteiger partial charge is 0.550 e. The Kier molecular flexibility index (Phi) is 7.21. The third-order valence-corrected chi connectivity index (χ3v) is 4.85. The maximum absolute atomic E-state index is 12.8. The van der Waals surface area contributed by atoms with E-state index < -0.39 is 23.6 Å². The van der Waals surface area contributed by atoms with Gasteiger partial charge in [0.1, 0.15) is 12.4 Å². The summed E-state index contributed by atoms with van der Waals surface area (Å²) >= 11 is 0. The topological polar surface area (TPSA) is 49.4 Å². The monoisotopic (exact) mass is 437 g/mol. The first kappa shape index (κ1) is 23.0. The molecule has 0 N–H and O–H groups in total. The van der Waals surface area contributed by atoms with Crippen molar-refractivity contribution in [2.45, 2.75) is 32.0 Å². The van der Waals surface area contributed by atoms with Crippen molar-refractivity contribution in [2.75, 3.05) is 0 Å². The molecule has 0 aliphatic rings. The summed E-state index contributed by atoms with van der Waals surface area (Å²) in [7, 11) is 0. The van der Waals surface area contributed by atoms with E-state index in [0.29, 0.717) is 11.3 Å². The molecule has 0 aliphatic heterocycles. The Morgan fingerprint density at radius 3 is 2.28 bits per heavy atom. The first-order chi connectivity index (χ1) is 15.3. The first-order valence-corrected chi connectivity index (χ1v) is 9.87. The lowest BCUT2D eigenvalue weighted by Crippen LogP contribution is -2.24. The number of alkyl halides is 3. The Hall–Kier alpha value is -3.72. The molecule has 3 nitrogen and oxygen atoms in total. The van der Waals surface area contributed by atoms with Gasteiger partial charge < -0.3 is 14.6 Å². The number of halogens is 3. The van der Waals surface area contributed by atoms with Crippen molar-refractivity contribution in [1.82, 2.24) is 0 Å². The molecule has 1 unspecified atom stereocenters. The van der Waals surface area contributed by atoms with Crippen LogP contribution in [0.5, 0.6) is 5.75 Å². The normalized spacial score (nSPS) is 11.9. The quantitative estimate of drug-likeness (QED) is 0.478. The molecule has 0 aromatic heterocycles. The molecule has 0 bridgehead atoms. The van der Waals surface area contributed by atoms with E-state index in [9.17, 15) is 23.1 Å². The van der Waals surface area contributed by atoms with E-state index in [4.69, 9.17) is 4.74 Å². The molecule has 0 radical (unpaired) electrons. The number of hydrogen-bond donors (Lipinski definition) is 0. The van der Waals surface area contributed by atoms with E-state index in [1.165, 1.54) is 12.1 Å². The third-order valence-electron chi connectivity index (χ3n) is 4.85. The summed E-state index contributed by atoms with van der Waals surface area (Å²) in [4.78, 5) is 10.9. The maximum atomic E-state index is 12.8. The van der Waals surface area contributed by atoms with Gasteiger partial charge in [-0.2, -0.15) is 13.2 Å². The second kappa shape index (κ2) is 10.1. The summed E-state index contributed by atoms with van der Waals surface area (Å²) in [5, 5.41) is 10.9. The van der Waals surface area contributed by atoms with Crippen molar-refractivity contribution in [2.24, 2.45) is 0 Å². The standard InChI is InChI=1S/C26H21F3O3/c1-2-4-21(16-25(30)31)20-9-13-24(14-10-20)32-17-18-5-3-6-22(15-18)19-7-11-23(12-8-19)26(27,28)29/h3,5-15,21H,16-17H2,1H3,(H,30,31)/p-1. The summed E-state index contributed by atoms with van der Waals surface area (Å²) in [6.45, 7) is 1.92. The lowest BCUT2D eigenvalue weighted by atomic mass is 9.96. The molecule has 32 heavy (non-hydrogen) atoms. The SMILES string of the molecule is CC#CC(CC(=O)[O-])c1ccc(OCc2cccc(-c3ccc(C(F)(F)F)cc3)c2)cc1. The summed E-state index contributed by atoms with van der Waals surface area (Å²) < 4.78 is 44.1. The molecule has 0 amide bonds. The zero-order valence-corrected chi connectivity index (χ0v) is 17.3. The number of carboxylic acid groups (broad SMARTS) is 1. The van der Waals surface area contributed by atoms with Gasteiger partial charge in [0.2, 0.25) is 0 Å². The molecule has 0 fully saturated rings. The number of ether oxygens (including phenoxy) is 1. The van der Waals surface area contributed by atoms with Crippen LogP contribution in [0.2, 0.25) is 0 Å². The van der Waals surface area contributed by atoms with E-state index in [1.807, 2.05) is 24.3 Å². The zero-order valence-electron chi connectivity index (χ0n) is 17.3. The smallest absolute Gasteiger partial charge is 0.416 e. The Balaban J connectivity index is 1.67. The van der Waals surface area contributed by atoms with Gasteiger partial charge >= 0.3 is 6.18 Å². The highest BCUT2D eigenvalue weighted by Gasteiger charge is 2.29. The number of hydrogen-bond acceptors (Lipinski definition) is 3. The van der Waals surface area contributed by atoms with Gasteiger partial charge in [0.15, 0.2) is 0 Å². The Morgan fingerprint density at radius 2 is 1.69 bits per heavy atom. The minimum atomic E-state index is -4.36. The van der Waals surface area contributed by atoms with Gasteiger partial charge in [-0.25, -0.2) is 0 Å². The van der Waals surface area contributed by atoms with Gasteiger partial charge in [0.25, 0.3) is 0 Å². The van der Waals surface area contributed by atoms with E-state index >= 15 is 0 Å². The van der Waals surface area contributed by atoms with Crippen molar-refractivity contribution in [1.29, 1.82) is 0 Å². The number of rotatable bonds is 7. The van der Waals surface area contributed by atoms with Gasteiger partial charge in [0.05, 0.1) is 11.5 Å². The van der Waals surface area contributed by atoms with Crippen LogP contribution in [-0.4, -0.2) is 5.97 Å². The molecule has 0 spiro atoms. The van der Waals surface area contributed by atoms with Crippen molar-refractivity contribution >= 4 is 5.97 Å². The molecule has 6 heteroatoms. The van der Waals surface area contributed by atoms with Crippen LogP contribution in [0.1, 0.15) is 36.0 Å². The molecule has 0 saturated heterocycles. The number of carboxylic acids is 1. The number of benzene rings is 3. The minimum Gasteiger partial charge on any atom is -0.550 e. The van der Waals surface area contributed by atoms with Crippen LogP contribution < -0.4 is 9.84 Å². The number of aliphatic carboxylic acids is 1. The van der Waals surface area contributed by atoms with Crippen LogP contribution in [0.25, 0.3) is 11.1 Å². The van der Waals surface area contributed by atoms with Crippen LogP contribution in [0.15, 0.2) is 72.8 Å². The van der Waals surface area contributed by atoms with Crippen molar-refractivity contribution in [3.05, 3.63) is 89.5 Å². The zero-order chi connectivity index (χ0) is 23.1. The van der Waals surface area contributed by atoms with Crippen LogP contribution >= 0.6 is 0 Å². The molecule has 3 aromatic carbocycles. The van der Waals surface area contributed by atoms with Crippen molar-refractivity contribution in [3.8, 4) is 28.7 Å². The van der Waals surface area contributed by atoms with Gasteiger partial charge in [-0.05, 0) is 59.5 Å². The van der Waals surface area contributed by atoms with Gasteiger partial charge in [-0.15, -0.1) is 5.92 Å². The molecule has 0 aliphatic carbocycles. The number of carbonyl (C=O) groups is 1. The third kappa shape index (κ3) is 6.14. The maximum Gasteiger partial charge on any atom is 0.416 e. The van der Waals surface area contributed by atoms with Gasteiger partial charge in [0, 0.05) is 12.4 Å². The summed E-state index contributed by atoms with van der Waals surface area (Å²) in [6.07, 6.45) is -4.55. The molecule has 164 valence electrons. The van der Waals surface area contributed by atoms with Crippen LogP contribution in [0.4, 0.5) is 13.2 Å². The summed E-state index contributed by atoms with van der Waals surface area (Å²) in [5.74, 6) is 4.60. The van der Waals surface area contributed by atoms with Crippen molar-refractivity contribution in [3.63, 3.8) is 0 Å². The summed E-state index contributed by atoms with van der Waals surface area (Å²) in [5.41, 5.74) is 2.41. The number of carbonyl (C=O) groups excluding carboxylic acids is 1. The van der Waals surface area contributed by atoms with Crippen LogP contribution in [0.3, 0.4) is 0 Å². The van der Waals surface area contributed by atoms with Gasteiger partial charge in [-0.3, -0.25) is 0 Å². The Morgan fingerprint density at radius 1 is 1.00 bits per heavy atom. The Labute approximate surface area is 184 Å². The van der Waals surface area contributed by atoms with E-state index in [1.54, 1.807) is 31.2 Å². The molecule has 3 aromatic rings. The van der Waals surface area contributed by atoms with Crippen LogP contribution in [-0.2, 0) is 17.6 Å². The van der Waals surface area contributed by atoms with E-state index in [-0.39, 0.29) is 13.0 Å². The summed E-state index contributed by atoms with van der Waals surface area (Å²) in [6, 6.07) is 19.4. The molecule has 0 heterocycles. The fourth-order valence-corrected chi connectivity index (χ4v) is 3.25. The van der Waals surface area contributed by atoms with Gasteiger partial charge in [-0.1, -0.05) is 48.4 Å². The predicted octanol–water partition coefficient (Wildman–Crippen LogP) is 5.20. The molecular weight excluding hydrogens is 417 g/mol. The fourth-order valence-electron chi connectivity index (χ4n) is 3.25. The lowest BCUT2D eigenvalue weighted by molar-refractivity contribution is -0.305. The fraction of sp³-hybridized carbons (Fsp3) is 0.192. The molecule has 0 saturated carbocycles. The minimum absolute atomic E-state index is 0.183. The lowest BCUT2D eigenvalue weighted by Gasteiger charge is -2.13. The molecule has 3 rings (SSSR count). The Bertz CT molecular complexity index is 1120. The second-order valence-electron chi connectivity index (χ2n) is 7.16. The second-order valence-corrected chi connectivity index (χ2v) is 7.16. The van der Waals surface area contributed by atoms with Crippen LogP contribution in [0, 0.1) is 11.8 Å². The molecule has 1 atom stereocenters. The highest BCUT2D eigenvalue weighted by molar-refractivity contribution is 5.67.